The van der Waals surface area contributed by atoms with E-state index < -0.39 is 0 Å². The number of benzene rings is 1. The number of nitro groups is 1. The van der Waals surface area contributed by atoms with Crippen LogP contribution in [0.4, 0.5) is 5.69 Å². The van der Waals surface area contributed by atoms with Crippen molar-refractivity contribution in [2.75, 3.05) is 0 Å². The maximum absolute atomic E-state index is 10.7. The fourth-order valence-electron chi connectivity index (χ4n) is 1.27. The van der Waals surface area contributed by atoms with Gasteiger partial charge in [-0.2, -0.15) is 0 Å². The molecule has 1 aromatic carbocycles. The van der Waals surface area contributed by atoms with Crippen molar-refractivity contribution in [1.29, 1.82) is 0 Å². The standard InChI is InChI=1S/C9H5IN2O2/c10-6-4-7-8(11-5-6)2-1-3-9(7)12(13)14/h1-5H. The Hall–Kier alpha value is -1.24. The molecule has 0 amide bonds. The second-order valence-corrected chi connectivity index (χ2v) is 4.00. The molecule has 0 bridgehead atoms. The van der Waals surface area contributed by atoms with E-state index in [9.17, 15) is 10.1 Å². The number of fused-ring (bicyclic) bond motifs is 1. The Bertz CT molecular complexity index is 513. The first kappa shape index (κ1) is 9.32. The van der Waals surface area contributed by atoms with Crippen molar-refractivity contribution >= 4 is 39.2 Å². The molecule has 2 aromatic rings. The van der Waals surface area contributed by atoms with Crippen LogP contribution in [0.3, 0.4) is 0 Å². The highest BCUT2D eigenvalue weighted by Gasteiger charge is 2.11. The summed E-state index contributed by atoms with van der Waals surface area (Å²) in [5.74, 6) is 0. The number of hydrogen-bond acceptors (Lipinski definition) is 3. The first-order valence-electron chi connectivity index (χ1n) is 3.87. The zero-order chi connectivity index (χ0) is 10.1. The van der Waals surface area contributed by atoms with Crippen LogP contribution in [0.15, 0.2) is 30.5 Å². The number of rotatable bonds is 1. The fraction of sp³-hybridized carbons (Fsp3) is 0. The third-order valence-corrected chi connectivity index (χ3v) is 2.46. The summed E-state index contributed by atoms with van der Waals surface area (Å²) in [4.78, 5) is 14.4. The molecule has 0 spiro atoms. The number of nitrogens with zero attached hydrogens (tertiary/aromatic N) is 2. The van der Waals surface area contributed by atoms with Crippen molar-refractivity contribution in [2.24, 2.45) is 0 Å². The quantitative estimate of drug-likeness (QED) is 0.462. The molecule has 0 atom stereocenters. The Kier molecular flexibility index (Phi) is 2.32. The van der Waals surface area contributed by atoms with Gasteiger partial charge in [-0.25, -0.2) is 0 Å². The van der Waals surface area contributed by atoms with Crippen LogP contribution in [0.2, 0.25) is 0 Å². The van der Waals surface area contributed by atoms with Gasteiger partial charge in [-0.1, -0.05) is 6.07 Å². The van der Waals surface area contributed by atoms with E-state index in [0.29, 0.717) is 10.9 Å². The first-order valence-corrected chi connectivity index (χ1v) is 4.95. The molecule has 0 saturated heterocycles. The second-order valence-electron chi connectivity index (χ2n) is 2.75. The number of halogens is 1. The zero-order valence-corrected chi connectivity index (χ0v) is 9.13. The fourth-order valence-corrected chi connectivity index (χ4v) is 1.72. The Morgan fingerprint density at radius 2 is 2.21 bits per heavy atom. The molecule has 5 heteroatoms. The lowest BCUT2D eigenvalue weighted by molar-refractivity contribution is -0.383. The minimum atomic E-state index is -0.389. The lowest BCUT2D eigenvalue weighted by Gasteiger charge is -1.98. The minimum absolute atomic E-state index is 0.105. The summed E-state index contributed by atoms with van der Waals surface area (Å²) < 4.78 is 0.893. The van der Waals surface area contributed by atoms with E-state index in [0.717, 1.165) is 3.57 Å². The topological polar surface area (TPSA) is 56.0 Å². The Morgan fingerprint density at radius 3 is 2.93 bits per heavy atom. The van der Waals surface area contributed by atoms with Gasteiger partial charge in [-0.15, -0.1) is 0 Å². The highest BCUT2D eigenvalue weighted by atomic mass is 127. The summed E-state index contributed by atoms with van der Waals surface area (Å²) >= 11 is 2.08. The number of pyridine rings is 1. The smallest absolute Gasteiger partial charge is 0.258 e. The maximum Gasteiger partial charge on any atom is 0.278 e. The van der Waals surface area contributed by atoms with E-state index in [2.05, 4.69) is 27.6 Å². The summed E-state index contributed by atoms with van der Waals surface area (Å²) in [6.45, 7) is 0. The van der Waals surface area contributed by atoms with Gasteiger partial charge in [0.05, 0.1) is 15.8 Å². The molecule has 1 aromatic heterocycles. The highest BCUT2D eigenvalue weighted by Crippen LogP contribution is 2.24. The van der Waals surface area contributed by atoms with Crippen LogP contribution in [0.1, 0.15) is 0 Å². The van der Waals surface area contributed by atoms with Crippen LogP contribution < -0.4 is 0 Å². The minimum Gasteiger partial charge on any atom is -0.258 e. The molecular weight excluding hydrogens is 295 g/mol. The molecule has 0 aliphatic heterocycles. The highest BCUT2D eigenvalue weighted by molar-refractivity contribution is 14.1. The van der Waals surface area contributed by atoms with Crippen LogP contribution >= 0.6 is 22.6 Å². The molecule has 0 aliphatic carbocycles. The van der Waals surface area contributed by atoms with Gasteiger partial charge >= 0.3 is 0 Å². The average Bonchev–Trinajstić information content (AvgIpc) is 2.16. The van der Waals surface area contributed by atoms with Gasteiger partial charge in [0, 0.05) is 15.8 Å². The lowest BCUT2D eigenvalue weighted by atomic mass is 10.2. The van der Waals surface area contributed by atoms with Crippen molar-refractivity contribution in [3.8, 4) is 0 Å². The molecule has 1 heterocycles. The number of non-ortho nitro benzene ring substituents is 1. The van der Waals surface area contributed by atoms with E-state index in [-0.39, 0.29) is 10.6 Å². The van der Waals surface area contributed by atoms with Gasteiger partial charge in [0.25, 0.3) is 5.69 Å². The molecule has 4 nitrogen and oxygen atoms in total. The molecule has 2 rings (SSSR count). The van der Waals surface area contributed by atoms with Crippen molar-refractivity contribution < 1.29 is 4.92 Å². The number of hydrogen-bond donors (Lipinski definition) is 0. The van der Waals surface area contributed by atoms with Crippen LogP contribution in [-0.4, -0.2) is 9.91 Å². The van der Waals surface area contributed by atoms with Gasteiger partial charge in [0.1, 0.15) is 0 Å². The number of aromatic nitrogens is 1. The molecule has 70 valence electrons. The third-order valence-electron chi connectivity index (χ3n) is 1.87. The predicted molar refractivity (Wildman–Crippen MR) is 61.1 cm³/mol. The maximum atomic E-state index is 10.7. The van der Waals surface area contributed by atoms with E-state index in [1.54, 1.807) is 24.4 Å². The molecule has 0 N–H and O–H groups in total. The molecular formula is C9H5IN2O2. The van der Waals surface area contributed by atoms with Gasteiger partial charge < -0.3 is 0 Å². The molecule has 14 heavy (non-hydrogen) atoms. The summed E-state index contributed by atoms with van der Waals surface area (Å²) in [6.07, 6.45) is 1.69. The molecule has 0 aliphatic rings. The van der Waals surface area contributed by atoms with E-state index in [4.69, 9.17) is 0 Å². The van der Waals surface area contributed by atoms with Crippen molar-refractivity contribution in [1.82, 2.24) is 4.98 Å². The van der Waals surface area contributed by atoms with E-state index >= 15 is 0 Å². The summed E-state index contributed by atoms with van der Waals surface area (Å²) in [5.41, 5.74) is 0.758. The zero-order valence-electron chi connectivity index (χ0n) is 6.98. The number of nitro benzene ring substituents is 1. The normalized spacial score (nSPS) is 10.4. The van der Waals surface area contributed by atoms with Gasteiger partial charge in [0.2, 0.25) is 0 Å². The second kappa shape index (κ2) is 3.49. The SMILES string of the molecule is O=[N+]([O-])c1cccc2ncc(I)cc12. The third kappa shape index (κ3) is 1.54. The predicted octanol–water partition coefficient (Wildman–Crippen LogP) is 2.75. The van der Waals surface area contributed by atoms with Crippen molar-refractivity contribution in [2.45, 2.75) is 0 Å². The van der Waals surface area contributed by atoms with Gasteiger partial charge in [-0.3, -0.25) is 15.1 Å². The van der Waals surface area contributed by atoms with E-state index in [1.807, 2.05) is 0 Å². The van der Waals surface area contributed by atoms with Crippen molar-refractivity contribution in [3.05, 3.63) is 44.1 Å². The summed E-state index contributed by atoms with van der Waals surface area (Å²) in [5, 5.41) is 11.3. The summed E-state index contributed by atoms with van der Waals surface area (Å²) in [7, 11) is 0. The average molecular weight is 300 g/mol. The first-order chi connectivity index (χ1) is 6.68. The van der Waals surface area contributed by atoms with Crippen LogP contribution in [0.5, 0.6) is 0 Å². The van der Waals surface area contributed by atoms with Crippen molar-refractivity contribution in [3.63, 3.8) is 0 Å². The van der Waals surface area contributed by atoms with Gasteiger partial charge in [0.15, 0.2) is 0 Å². The Balaban J connectivity index is 2.84. The largest absolute Gasteiger partial charge is 0.278 e. The van der Waals surface area contributed by atoms with Crippen LogP contribution in [0, 0.1) is 13.7 Å². The van der Waals surface area contributed by atoms with Crippen LogP contribution in [-0.2, 0) is 0 Å². The molecule has 0 radical (unpaired) electrons. The summed E-state index contributed by atoms with van der Waals surface area (Å²) in [6, 6.07) is 6.65. The molecule has 0 saturated carbocycles. The Morgan fingerprint density at radius 1 is 1.43 bits per heavy atom. The van der Waals surface area contributed by atoms with Crippen LogP contribution in [0.25, 0.3) is 10.9 Å². The molecule has 0 unspecified atom stereocenters. The van der Waals surface area contributed by atoms with Gasteiger partial charge in [-0.05, 0) is 34.7 Å². The lowest BCUT2D eigenvalue weighted by Crippen LogP contribution is -1.90. The monoisotopic (exact) mass is 300 g/mol. The molecule has 0 fully saturated rings. The van der Waals surface area contributed by atoms with E-state index in [1.165, 1.54) is 6.07 Å². The Labute approximate surface area is 93.2 Å².